The Morgan fingerprint density at radius 1 is 1.14 bits per heavy atom. The molecule has 0 amide bonds. The van der Waals surface area contributed by atoms with Crippen LogP contribution in [0.3, 0.4) is 0 Å². The van der Waals surface area contributed by atoms with Crippen molar-refractivity contribution < 1.29 is 0 Å². The van der Waals surface area contributed by atoms with E-state index in [-0.39, 0.29) is 17.8 Å². The minimum absolute atomic E-state index is 0. The maximum absolute atomic E-state index is 5.68. The lowest BCUT2D eigenvalue weighted by Gasteiger charge is -2.22. The molecule has 0 aliphatic carbocycles. The summed E-state index contributed by atoms with van der Waals surface area (Å²) >= 11 is 0. The molecule has 0 fully saturated rings. The molecule has 1 aromatic rings. The van der Waals surface area contributed by atoms with Gasteiger partial charge in [-0.1, -0.05) is 43.7 Å². The molecule has 2 heteroatoms. The van der Waals surface area contributed by atoms with Gasteiger partial charge in [0.05, 0.1) is 0 Å². The standard InChI is InChI=1S/C12H19N.ClH/c1-10-4-6-11(7-5-10)8-12(2,3)9-13;/h4-7H,8-9,13H2,1-3H3;1H. The molecule has 1 nitrogen and oxygen atoms in total. The van der Waals surface area contributed by atoms with E-state index in [1.54, 1.807) is 0 Å². The minimum atomic E-state index is 0. The van der Waals surface area contributed by atoms with Crippen LogP contribution >= 0.6 is 12.4 Å². The Kier molecular flexibility index (Phi) is 5.17. The average Bonchev–Trinajstić information content (AvgIpc) is 2.09. The molecule has 1 rings (SSSR count). The van der Waals surface area contributed by atoms with Gasteiger partial charge in [0.2, 0.25) is 0 Å². The van der Waals surface area contributed by atoms with Crippen LogP contribution in [0, 0.1) is 12.3 Å². The van der Waals surface area contributed by atoms with E-state index in [0.29, 0.717) is 0 Å². The van der Waals surface area contributed by atoms with Crippen LogP contribution in [0.5, 0.6) is 0 Å². The van der Waals surface area contributed by atoms with Gasteiger partial charge < -0.3 is 5.73 Å². The van der Waals surface area contributed by atoms with Crippen molar-refractivity contribution in [2.75, 3.05) is 6.54 Å². The van der Waals surface area contributed by atoms with Gasteiger partial charge >= 0.3 is 0 Å². The van der Waals surface area contributed by atoms with E-state index < -0.39 is 0 Å². The molecular weight excluding hydrogens is 194 g/mol. The second kappa shape index (κ2) is 5.38. The van der Waals surface area contributed by atoms with Crippen LogP contribution in [0.1, 0.15) is 25.0 Å². The van der Waals surface area contributed by atoms with E-state index in [1.165, 1.54) is 11.1 Å². The molecule has 0 spiro atoms. The van der Waals surface area contributed by atoms with Crippen LogP contribution in [-0.2, 0) is 6.42 Å². The Bertz CT molecular complexity index is 264. The molecule has 0 unspecified atom stereocenters. The summed E-state index contributed by atoms with van der Waals surface area (Å²) in [5, 5.41) is 0. The molecule has 0 bridgehead atoms. The molecule has 0 saturated carbocycles. The normalized spacial score (nSPS) is 10.9. The van der Waals surface area contributed by atoms with Crippen molar-refractivity contribution in [1.29, 1.82) is 0 Å². The molecule has 14 heavy (non-hydrogen) atoms. The molecular formula is C12H20ClN. The number of hydrogen-bond acceptors (Lipinski definition) is 1. The Morgan fingerprint density at radius 3 is 2.07 bits per heavy atom. The van der Waals surface area contributed by atoms with Crippen LogP contribution < -0.4 is 5.73 Å². The summed E-state index contributed by atoms with van der Waals surface area (Å²) in [4.78, 5) is 0. The highest BCUT2D eigenvalue weighted by atomic mass is 35.5. The number of aryl methyl sites for hydroxylation is 1. The molecule has 80 valence electrons. The first-order valence-electron chi connectivity index (χ1n) is 4.79. The first-order chi connectivity index (χ1) is 6.03. The van der Waals surface area contributed by atoms with Gasteiger partial charge in [-0.2, -0.15) is 0 Å². The fourth-order valence-corrected chi connectivity index (χ4v) is 1.33. The summed E-state index contributed by atoms with van der Waals surface area (Å²) in [5.74, 6) is 0. The monoisotopic (exact) mass is 213 g/mol. The quantitative estimate of drug-likeness (QED) is 0.821. The molecule has 1 aromatic carbocycles. The van der Waals surface area contributed by atoms with Gasteiger partial charge in [-0.15, -0.1) is 12.4 Å². The van der Waals surface area contributed by atoms with Crippen LogP contribution in [0.4, 0.5) is 0 Å². The molecule has 0 aliphatic rings. The Balaban J connectivity index is 0.00000169. The van der Waals surface area contributed by atoms with Crippen molar-refractivity contribution in [3.05, 3.63) is 35.4 Å². The fourth-order valence-electron chi connectivity index (χ4n) is 1.33. The summed E-state index contributed by atoms with van der Waals surface area (Å²) in [5.41, 5.74) is 8.59. The maximum atomic E-state index is 5.68. The Morgan fingerprint density at radius 2 is 1.64 bits per heavy atom. The van der Waals surface area contributed by atoms with Gasteiger partial charge in [0.25, 0.3) is 0 Å². The maximum Gasteiger partial charge on any atom is -0.00226 e. The van der Waals surface area contributed by atoms with Gasteiger partial charge in [-0.25, -0.2) is 0 Å². The van der Waals surface area contributed by atoms with E-state index in [0.717, 1.165) is 13.0 Å². The number of hydrogen-bond donors (Lipinski definition) is 1. The third kappa shape index (κ3) is 4.12. The topological polar surface area (TPSA) is 26.0 Å². The van der Waals surface area contributed by atoms with Gasteiger partial charge in [0, 0.05) is 0 Å². The molecule has 2 N–H and O–H groups in total. The lowest BCUT2D eigenvalue weighted by Crippen LogP contribution is -2.25. The zero-order valence-electron chi connectivity index (χ0n) is 9.21. The fraction of sp³-hybridized carbons (Fsp3) is 0.500. The van der Waals surface area contributed by atoms with Crippen molar-refractivity contribution in [3.63, 3.8) is 0 Å². The highest BCUT2D eigenvalue weighted by molar-refractivity contribution is 5.85. The zero-order chi connectivity index (χ0) is 9.90. The third-order valence-corrected chi connectivity index (χ3v) is 2.36. The number of benzene rings is 1. The van der Waals surface area contributed by atoms with Crippen molar-refractivity contribution in [3.8, 4) is 0 Å². The summed E-state index contributed by atoms with van der Waals surface area (Å²) in [6.45, 7) is 7.25. The average molecular weight is 214 g/mol. The SMILES string of the molecule is Cc1ccc(CC(C)(C)CN)cc1.Cl. The van der Waals surface area contributed by atoms with Gasteiger partial charge in [0.15, 0.2) is 0 Å². The predicted octanol–water partition coefficient (Wildman–Crippen LogP) is 2.94. The van der Waals surface area contributed by atoms with Gasteiger partial charge in [0.1, 0.15) is 0 Å². The van der Waals surface area contributed by atoms with Crippen molar-refractivity contribution >= 4 is 12.4 Å². The number of rotatable bonds is 3. The highest BCUT2D eigenvalue weighted by Crippen LogP contribution is 2.20. The molecule has 0 saturated heterocycles. The molecule has 0 aromatic heterocycles. The van der Waals surface area contributed by atoms with Crippen molar-refractivity contribution in [1.82, 2.24) is 0 Å². The van der Waals surface area contributed by atoms with Crippen LogP contribution in [0.25, 0.3) is 0 Å². The predicted molar refractivity (Wildman–Crippen MR) is 65.0 cm³/mol. The molecule has 0 aliphatic heterocycles. The lowest BCUT2D eigenvalue weighted by molar-refractivity contribution is 0.377. The first-order valence-corrected chi connectivity index (χ1v) is 4.79. The van der Waals surface area contributed by atoms with E-state index in [2.05, 4.69) is 45.0 Å². The summed E-state index contributed by atoms with van der Waals surface area (Å²) in [6.07, 6.45) is 1.06. The minimum Gasteiger partial charge on any atom is -0.330 e. The van der Waals surface area contributed by atoms with Crippen LogP contribution in [0.15, 0.2) is 24.3 Å². The third-order valence-electron chi connectivity index (χ3n) is 2.36. The second-order valence-electron chi connectivity index (χ2n) is 4.53. The van der Waals surface area contributed by atoms with Crippen molar-refractivity contribution in [2.45, 2.75) is 27.2 Å². The van der Waals surface area contributed by atoms with Gasteiger partial charge in [-0.05, 0) is 30.9 Å². The van der Waals surface area contributed by atoms with E-state index >= 15 is 0 Å². The molecule has 0 radical (unpaired) electrons. The van der Waals surface area contributed by atoms with Crippen molar-refractivity contribution in [2.24, 2.45) is 11.1 Å². The second-order valence-corrected chi connectivity index (χ2v) is 4.53. The van der Waals surface area contributed by atoms with E-state index in [9.17, 15) is 0 Å². The number of halogens is 1. The Hall–Kier alpha value is -0.530. The van der Waals surface area contributed by atoms with Crippen LogP contribution in [0.2, 0.25) is 0 Å². The van der Waals surface area contributed by atoms with E-state index in [1.807, 2.05) is 0 Å². The zero-order valence-corrected chi connectivity index (χ0v) is 10.0. The van der Waals surface area contributed by atoms with Gasteiger partial charge in [-0.3, -0.25) is 0 Å². The highest BCUT2D eigenvalue weighted by Gasteiger charge is 2.15. The lowest BCUT2D eigenvalue weighted by atomic mass is 9.86. The summed E-state index contributed by atoms with van der Waals surface area (Å²) in [6, 6.07) is 8.68. The number of nitrogens with two attached hydrogens (primary N) is 1. The summed E-state index contributed by atoms with van der Waals surface area (Å²) < 4.78 is 0. The molecule has 0 atom stereocenters. The first kappa shape index (κ1) is 13.5. The molecule has 0 heterocycles. The van der Waals surface area contributed by atoms with Crippen LogP contribution in [-0.4, -0.2) is 6.54 Å². The summed E-state index contributed by atoms with van der Waals surface area (Å²) in [7, 11) is 0. The largest absolute Gasteiger partial charge is 0.330 e. The Labute approximate surface area is 93.1 Å². The smallest absolute Gasteiger partial charge is 0.00226 e. The van der Waals surface area contributed by atoms with E-state index in [4.69, 9.17) is 5.73 Å².